The predicted octanol–water partition coefficient (Wildman–Crippen LogP) is 2.35. The van der Waals surface area contributed by atoms with Gasteiger partial charge in [-0.1, -0.05) is 12.1 Å². The number of carbonyl (C=O) groups excluding carboxylic acids is 1. The van der Waals surface area contributed by atoms with Crippen LogP contribution in [0.5, 0.6) is 0 Å². The van der Waals surface area contributed by atoms with Gasteiger partial charge in [-0.15, -0.1) is 0 Å². The Balaban J connectivity index is 1.89. The molecule has 1 fully saturated rings. The summed E-state index contributed by atoms with van der Waals surface area (Å²) in [6.07, 6.45) is 0. The van der Waals surface area contributed by atoms with E-state index in [0.717, 1.165) is 16.6 Å². The van der Waals surface area contributed by atoms with E-state index >= 15 is 0 Å². The van der Waals surface area contributed by atoms with Gasteiger partial charge in [-0.05, 0) is 58.6 Å². The van der Waals surface area contributed by atoms with Crippen LogP contribution < -0.4 is 5.46 Å². The Morgan fingerprint density at radius 3 is 2.27 bits per heavy atom. The molecule has 0 spiro atoms. The highest BCUT2D eigenvalue weighted by atomic mass is 16.7. The van der Waals surface area contributed by atoms with Crippen molar-refractivity contribution < 1.29 is 14.1 Å². The lowest BCUT2D eigenvalue weighted by molar-refractivity contribution is 0.00578. The van der Waals surface area contributed by atoms with Gasteiger partial charge in [0.15, 0.2) is 0 Å². The van der Waals surface area contributed by atoms with Gasteiger partial charge in [0.2, 0.25) is 0 Å². The van der Waals surface area contributed by atoms with Crippen LogP contribution in [0, 0.1) is 0 Å². The van der Waals surface area contributed by atoms with Crippen molar-refractivity contribution in [3.05, 3.63) is 29.3 Å². The molecule has 5 heteroatoms. The zero-order chi connectivity index (χ0) is 16.3. The van der Waals surface area contributed by atoms with Crippen LogP contribution in [0.1, 0.15) is 57.5 Å². The topological polar surface area (TPSA) is 38.8 Å². The second kappa shape index (κ2) is 4.83. The average Bonchev–Trinajstić information content (AvgIpc) is 2.84. The van der Waals surface area contributed by atoms with Crippen molar-refractivity contribution in [1.82, 2.24) is 4.90 Å². The molecule has 2 heterocycles. The maximum absolute atomic E-state index is 12.3. The third-order valence-electron chi connectivity index (χ3n) is 5.11. The molecule has 1 aromatic rings. The minimum Gasteiger partial charge on any atom is -0.399 e. The Hall–Kier alpha value is -1.33. The van der Waals surface area contributed by atoms with Gasteiger partial charge in [0.1, 0.15) is 0 Å². The molecular weight excluding hydrogens is 277 g/mol. The van der Waals surface area contributed by atoms with Crippen LogP contribution in [0.25, 0.3) is 0 Å². The van der Waals surface area contributed by atoms with Crippen LogP contribution in [0.4, 0.5) is 0 Å². The quantitative estimate of drug-likeness (QED) is 0.787. The molecule has 2 aliphatic heterocycles. The van der Waals surface area contributed by atoms with Crippen LogP contribution in [-0.2, 0) is 15.9 Å². The monoisotopic (exact) mass is 301 g/mol. The van der Waals surface area contributed by atoms with E-state index in [9.17, 15) is 4.79 Å². The van der Waals surface area contributed by atoms with Gasteiger partial charge < -0.3 is 14.2 Å². The third kappa shape index (κ3) is 2.27. The Bertz CT molecular complexity index is 608. The summed E-state index contributed by atoms with van der Waals surface area (Å²) < 4.78 is 12.2. The summed E-state index contributed by atoms with van der Waals surface area (Å²) in [6.45, 7) is 12.9. The number of fused-ring (bicyclic) bond motifs is 1. The number of hydrogen-bond donors (Lipinski definition) is 0. The fraction of sp³-hybridized carbons (Fsp3) is 0.588. The number of carbonyl (C=O) groups is 1. The number of benzene rings is 1. The fourth-order valence-electron chi connectivity index (χ4n) is 2.91. The highest BCUT2D eigenvalue weighted by Crippen LogP contribution is 2.36. The van der Waals surface area contributed by atoms with Crippen LogP contribution in [0.15, 0.2) is 18.2 Å². The SMILES string of the molecule is CC(C)N1Cc2cc(B3OC(C)(C)C(C)(C)O3)ccc2C1=O. The first-order chi connectivity index (χ1) is 10.1. The molecule has 0 aromatic heterocycles. The molecule has 0 bridgehead atoms. The lowest BCUT2D eigenvalue weighted by Gasteiger charge is -2.32. The fourth-order valence-corrected chi connectivity index (χ4v) is 2.91. The molecule has 3 rings (SSSR count). The van der Waals surface area contributed by atoms with E-state index in [-0.39, 0.29) is 30.3 Å². The van der Waals surface area contributed by atoms with Crippen molar-refractivity contribution >= 4 is 18.5 Å². The minimum atomic E-state index is -0.376. The van der Waals surface area contributed by atoms with E-state index in [2.05, 4.69) is 6.07 Å². The number of hydrogen-bond acceptors (Lipinski definition) is 3. The number of amides is 1. The summed E-state index contributed by atoms with van der Waals surface area (Å²) in [5.74, 6) is 0.116. The molecule has 0 radical (unpaired) electrons. The van der Waals surface area contributed by atoms with Gasteiger partial charge in [-0.25, -0.2) is 0 Å². The van der Waals surface area contributed by atoms with E-state index in [1.807, 2.05) is 58.6 Å². The van der Waals surface area contributed by atoms with Gasteiger partial charge in [0.25, 0.3) is 5.91 Å². The third-order valence-corrected chi connectivity index (χ3v) is 5.11. The maximum atomic E-state index is 12.3. The van der Waals surface area contributed by atoms with E-state index in [1.165, 1.54) is 0 Å². The smallest absolute Gasteiger partial charge is 0.399 e. The summed E-state index contributed by atoms with van der Waals surface area (Å²) in [5.41, 5.74) is 2.14. The molecule has 0 saturated carbocycles. The van der Waals surface area contributed by atoms with Gasteiger partial charge in [0.05, 0.1) is 11.2 Å². The summed E-state index contributed by atoms with van der Waals surface area (Å²) in [7, 11) is -0.376. The first-order valence-electron chi connectivity index (χ1n) is 7.92. The summed E-state index contributed by atoms with van der Waals surface area (Å²) in [4.78, 5) is 14.2. The molecule has 2 aliphatic rings. The van der Waals surface area contributed by atoms with Gasteiger partial charge in [-0.2, -0.15) is 0 Å². The highest BCUT2D eigenvalue weighted by Gasteiger charge is 2.51. The molecule has 1 amide bonds. The molecule has 0 aliphatic carbocycles. The van der Waals surface area contributed by atoms with E-state index < -0.39 is 0 Å². The summed E-state index contributed by atoms with van der Waals surface area (Å²) in [6, 6.07) is 6.11. The molecule has 1 aromatic carbocycles. The standard InChI is InChI=1S/C17H24BNO3/c1-11(2)19-10-12-9-13(7-8-14(12)15(19)20)18-21-16(3,4)17(5,6)22-18/h7-9,11H,10H2,1-6H3. The molecular formula is C17H24BNO3. The van der Waals surface area contributed by atoms with Crippen molar-refractivity contribution in [2.75, 3.05) is 0 Å². The number of rotatable bonds is 2. The largest absolute Gasteiger partial charge is 0.494 e. The lowest BCUT2D eigenvalue weighted by Crippen LogP contribution is -2.41. The predicted molar refractivity (Wildman–Crippen MR) is 87.2 cm³/mol. The zero-order valence-electron chi connectivity index (χ0n) is 14.3. The molecule has 0 atom stereocenters. The van der Waals surface area contributed by atoms with Gasteiger partial charge in [0, 0.05) is 18.2 Å². The second-order valence-corrected chi connectivity index (χ2v) is 7.53. The molecule has 118 valence electrons. The molecule has 22 heavy (non-hydrogen) atoms. The van der Waals surface area contributed by atoms with E-state index in [1.54, 1.807) is 0 Å². The molecule has 0 N–H and O–H groups in total. The van der Waals surface area contributed by atoms with Crippen molar-refractivity contribution in [2.24, 2.45) is 0 Å². The van der Waals surface area contributed by atoms with Crippen LogP contribution >= 0.6 is 0 Å². The average molecular weight is 301 g/mol. The van der Waals surface area contributed by atoms with Crippen LogP contribution in [0.2, 0.25) is 0 Å². The molecule has 4 nitrogen and oxygen atoms in total. The zero-order valence-corrected chi connectivity index (χ0v) is 14.3. The van der Waals surface area contributed by atoms with Crippen molar-refractivity contribution in [3.63, 3.8) is 0 Å². The first kappa shape index (κ1) is 15.6. The van der Waals surface area contributed by atoms with Crippen LogP contribution in [-0.4, -0.2) is 35.2 Å². The van der Waals surface area contributed by atoms with Gasteiger partial charge in [-0.3, -0.25) is 4.79 Å². The second-order valence-electron chi connectivity index (χ2n) is 7.53. The summed E-state index contributed by atoms with van der Waals surface area (Å²) in [5, 5.41) is 0. The highest BCUT2D eigenvalue weighted by molar-refractivity contribution is 6.62. The molecule has 0 unspecified atom stereocenters. The Morgan fingerprint density at radius 2 is 1.73 bits per heavy atom. The Kier molecular flexibility index (Phi) is 3.42. The first-order valence-corrected chi connectivity index (χ1v) is 7.92. The van der Waals surface area contributed by atoms with Crippen molar-refractivity contribution in [1.29, 1.82) is 0 Å². The van der Waals surface area contributed by atoms with Crippen molar-refractivity contribution in [3.8, 4) is 0 Å². The Morgan fingerprint density at radius 1 is 1.14 bits per heavy atom. The molecule has 1 saturated heterocycles. The number of nitrogens with zero attached hydrogens (tertiary/aromatic N) is 1. The van der Waals surface area contributed by atoms with Crippen molar-refractivity contribution in [2.45, 2.75) is 65.3 Å². The normalized spacial score (nSPS) is 22.6. The maximum Gasteiger partial charge on any atom is 0.494 e. The van der Waals surface area contributed by atoms with Gasteiger partial charge >= 0.3 is 7.12 Å². The summed E-state index contributed by atoms with van der Waals surface area (Å²) >= 11 is 0. The Labute approximate surface area is 132 Å². The van der Waals surface area contributed by atoms with E-state index in [4.69, 9.17) is 9.31 Å². The minimum absolute atomic E-state index is 0.116. The van der Waals surface area contributed by atoms with Crippen LogP contribution in [0.3, 0.4) is 0 Å². The van der Waals surface area contributed by atoms with E-state index in [0.29, 0.717) is 6.54 Å². The lowest BCUT2D eigenvalue weighted by atomic mass is 9.78.